The summed E-state index contributed by atoms with van der Waals surface area (Å²) in [5.41, 5.74) is 0. The molecule has 0 radical (unpaired) electrons. The molecule has 0 aromatic heterocycles. The average molecular weight is 227 g/mol. The van der Waals surface area contributed by atoms with Crippen molar-refractivity contribution in [2.75, 3.05) is 6.54 Å². The summed E-state index contributed by atoms with van der Waals surface area (Å²) in [5.74, 6) is 0. The Kier molecular flexibility index (Phi) is 4.22. The van der Waals surface area contributed by atoms with Crippen LogP contribution in [-0.4, -0.2) is 45.9 Å². The van der Waals surface area contributed by atoms with Crippen molar-refractivity contribution in [3.05, 3.63) is 0 Å². The van der Waals surface area contributed by atoms with Gasteiger partial charge in [-0.3, -0.25) is 4.90 Å². The van der Waals surface area contributed by atoms with Gasteiger partial charge in [-0.25, -0.2) is 0 Å². The van der Waals surface area contributed by atoms with Crippen molar-refractivity contribution in [3.63, 3.8) is 0 Å². The van der Waals surface area contributed by atoms with E-state index >= 15 is 0 Å². The highest BCUT2D eigenvalue weighted by molar-refractivity contribution is 4.90. The third kappa shape index (κ3) is 2.76. The molecule has 0 bridgehead atoms. The number of aliphatic hydroxyl groups excluding tert-OH is 2. The predicted octanol–water partition coefficient (Wildman–Crippen LogP) is 1.53. The zero-order chi connectivity index (χ0) is 11.5. The van der Waals surface area contributed by atoms with Crippen LogP contribution < -0.4 is 0 Å². The van der Waals surface area contributed by atoms with E-state index in [2.05, 4.69) is 4.90 Å². The fraction of sp³-hybridized carbons (Fsp3) is 1.00. The summed E-state index contributed by atoms with van der Waals surface area (Å²) in [4.78, 5) is 2.48. The molecule has 16 heavy (non-hydrogen) atoms. The van der Waals surface area contributed by atoms with Crippen LogP contribution in [0.25, 0.3) is 0 Å². The van der Waals surface area contributed by atoms with E-state index in [1.165, 1.54) is 19.3 Å². The van der Waals surface area contributed by atoms with Gasteiger partial charge in [0.15, 0.2) is 0 Å². The first-order chi connectivity index (χ1) is 7.68. The van der Waals surface area contributed by atoms with Crippen LogP contribution in [0.5, 0.6) is 0 Å². The average Bonchev–Trinajstić information content (AvgIpc) is 2.64. The molecule has 4 unspecified atom stereocenters. The number of rotatable bonds is 3. The lowest BCUT2D eigenvalue weighted by Gasteiger charge is -2.41. The van der Waals surface area contributed by atoms with E-state index in [1.807, 2.05) is 6.92 Å². The Hall–Kier alpha value is -0.120. The quantitative estimate of drug-likeness (QED) is 0.768. The maximum absolute atomic E-state index is 9.99. The summed E-state index contributed by atoms with van der Waals surface area (Å²) in [6.45, 7) is 2.98. The summed E-state index contributed by atoms with van der Waals surface area (Å²) in [6, 6.07) is 0.857. The third-order valence-electron chi connectivity index (χ3n) is 4.16. The number of aliphatic hydroxyl groups is 2. The van der Waals surface area contributed by atoms with Gasteiger partial charge in [0.05, 0.1) is 12.2 Å². The second-order valence-corrected chi connectivity index (χ2v) is 5.54. The van der Waals surface area contributed by atoms with E-state index in [1.54, 1.807) is 0 Å². The van der Waals surface area contributed by atoms with Gasteiger partial charge in [-0.15, -0.1) is 0 Å². The minimum Gasteiger partial charge on any atom is -0.393 e. The molecule has 1 aliphatic heterocycles. The van der Waals surface area contributed by atoms with Crippen molar-refractivity contribution >= 4 is 0 Å². The van der Waals surface area contributed by atoms with Crippen molar-refractivity contribution in [1.29, 1.82) is 0 Å². The Morgan fingerprint density at radius 1 is 1.19 bits per heavy atom. The van der Waals surface area contributed by atoms with E-state index in [4.69, 9.17) is 0 Å². The van der Waals surface area contributed by atoms with Crippen LogP contribution >= 0.6 is 0 Å². The van der Waals surface area contributed by atoms with Gasteiger partial charge >= 0.3 is 0 Å². The van der Waals surface area contributed by atoms with Crippen molar-refractivity contribution < 1.29 is 10.2 Å². The zero-order valence-electron chi connectivity index (χ0n) is 10.3. The molecule has 0 spiro atoms. The van der Waals surface area contributed by atoms with E-state index in [0.29, 0.717) is 12.1 Å². The van der Waals surface area contributed by atoms with Crippen molar-refractivity contribution in [2.24, 2.45) is 0 Å². The number of nitrogens with zero attached hydrogens (tertiary/aromatic N) is 1. The molecule has 2 aliphatic rings. The van der Waals surface area contributed by atoms with Gasteiger partial charge in [-0.2, -0.15) is 0 Å². The van der Waals surface area contributed by atoms with Gasteiger partial charge in [0, 0.05) is 12.1 Å². The molecule has 4 atom stereocenters. The zero-order valence-corrected chi connectivity index (χ0v) is 10.3. The molecule has 3 heteroatoms. The van der Waals surface area contributed by atoms with E-state index in [0.717, 1.165) is 32.2 Å². The van der Waals surface area contributed by atoms with Crippen molar-refractivity contribution in [2.45, 2.75) is 76.2 Å². The predicted molar refractivity (Wildman–Crippen MR) is 64.3 cm³/mol. The molecule has 0 aromatic carbocycles. The minimum atomic E-state index is -0.218. The van der Waals surface area contributed by atoms with Gasteiger partial charge in [0.2, 0.25) is 0 Å². The number of piperidine rings is 1. The summed E-state index contributed by atoms with van der Waals surface area (Å²) >= 11 is 0. The maximum atomic E-state index is 9.99. The molecule has 2 rings (SSSR count). The van der Waals surface area contributed by atoms with Crippen LogP contribution in [0.3, 0.4) is 0 Å². The summed E-state index contributed by atoms with van der Waals surface area (Å²) in [5, 5.41) is 19.5. The van der Waals surface area contributed by atoms with E-state index in [9.17, 15) is 10.2 Å². The lowest BCUT2D eigenvalue weighted by molar-refractivity contribution is 0.00777. The summed E-state index contributed by atoms with van der Waals surface area (Å²) < 4.78 is 0. The molecule has 3 nitrogen and oxygen atoms in total. The Morgan fingerprint density at radius 2 is 2.00 bits per heavy atom. The van der Waals surface area contributed by atoms with Crippen LogP contribution in [0.4, 0.5) is 0 Å². The van der Waals surface area contributed by atoms with Gasteiger partial charge in [0.1, 0.15) is 0 Å². The molecule has 0 amide bonds. The first kappa shape index (κ1) is 12.3. The number of hydrogen-bond donors (Lipinski definition) is 2. The SMILES string of the molecule is CC(O)CC1CCCCN1C1CCCC1O. The maximum Gasteiger partial charge on any atom is 0.0695 e. The summed E-state index contributed by atoms with van der Waals surface area (Å²) in [7, 11) is 0. The highest BCUT2D eigenvalue weighted by Crippen LogP contribution is 2.31. The summed E-state index contributed by atoms with van der Waals surface area (Å²) in [6.07, 6.45) is 7.48. The van der Waals surface area contributed by atoms with Crippen LogP contribution in [0.15, 0.2) is 0 Å². The first-order valence-corrected chi connectivity index (χ1v) is 6.80. The smallest absolute Gasteiger partial charge is 0.0695 e. The topological polar surface area (TPSA) is 43.7 Å². The molecular formula is C13H25NO2. The van der Waals surface area contributed by atoms with Gasteiger partial charge in [-0.1, -0.05) is 6.42 Å². The number of hydrogen-bond acceptors (Lipinski definition) is 3. The molecule has 1 saturated carbocycles. The molecule has 1 aliphatic carbocycles. The van der Waals surface area contributed by atoms with Crippen LogP contribution in [0.1, 0.15) is 51.9 Å². The number of likely N-dealkylation sites (tertiary alicyclic amines) is 1. The van der Waals surface area contributed by atoms with Crippen LogP contribution in [-0.2, 0) is 0 Å². The molecule has 1 saturated heterocycles. The Balaban J connectivity index is 1.98. The Morgan fingerprint density at radius 3 is 2.62 bits per heavy atom. The van der Waals surface area contributed by atoms with Crippen molar-refractivity contribution in [1.82, 2.24) is 4.90 Å². The highest BCUT2D eigenvalue weighted by Gasteiger charge is 2.35. The standard InChI is InChI=1S/C13H25NO2/c1-10(15)9-11-5-2-3-8-14(11)12-6-4-7-13(12)16/h10-13,15-16H,2-9H2,1H3. The molecule has 1 heterocycles. The van der Waals surface area contributed by atoms with Gasteiger partial charge < -0.3 is 10.2 Å². The first-order valence-electron chi connectivity index (χ1n) is 6.80. The third-order valence-corrected chi connectivity index (χ3v) is 4.16. The lowest BCUT2D eigenvalue weighted by atomic mass is 9.94. The van der Waals surface area contributed by atoms with E-state index in [-0.39, 0.29) is 12.2 Å². The fourth-order valence-electron chi connectivity index (χ4n) is 3.41. The fourth-order valence-corrected chi connectivity index (χ4v) is 3.41. The van der Waals surface area contributed by atoms with Gasteiger partial charge in [0.25, 0.3) is 0 Å². The molecule has 2 N–H and O–H groups in total. The second-order valence-electron chi connectivity index (χ2n) is 5.54. The van der Waals surface area contributed by atoms with E-state index < -0.39 is 0 Å². The second kappa shape index (κ2) is 5.48. The Bertz CT molecular complexity index is 220. The molecular weight excluding hydrogens is 202 g/mol. The molecule has 0 aromatic rings. The Labute approximate surface area is 98.5 Å². The van der Waals surface area contributed by atoms with Crippen LogP contribution in [0.2, 0.25) is 0 Å². The largest absolute Gasteiger partial charge is 0.393 e. The molecule has 2 fully saturated rings. The van der Waals surface area contributed by atoms with Crippen molar-refractivity contribution in [3.8, 4) is 0 Å². The monoisotopic (exact) mass is 227 g/mol. The normalized spacial score (nSPS) is 38.8. The molecule has 94 valence electrons. The van der Waals surface area contributed by atoms with Crippen LogP contribution in [0, 0.1) is 0 Å². The van der Waals surface area contributed by atoms with Gasteiger partial charge in [-0.05, 0) is 52.0 Å². The lowest BCUT2D eigenvalue weighted by Crippen LogP contribution is -2.50. The minimum absolute atomic E-state index is 0.130. The highest BCUT2D eigenvalue weighted by atomic mass is 16.3.